The zero-order valence-electron chi connectivity index (χ0n) is 38.7. The number of ether oxygens (including phenoxy) is 7. The van der Waals surface area contributed by atoms with Gasteiger partial charge < -0.3 is 54.4 Å². The second-order valence-corrected chi connectivity index (χ2v) is 15.8. The monoisotopic (exact) mass is 920 g/mol. The molecule has 366 valence electrons. The van der Waals surface area contributed by atoms with Crippen LogP contribution in [0.5, 0.6) is 0 Å². The summed E-state index contributed by atoms with van der Waals surface area (Å²) in [5.74, 6) is -3.07. The third-order valence-corrected chi connectivity index (χ3v) is 9.97. The minimum absolute atomic E-state index is 0.0165. The maximum Gasteiger partial charge on any atom is 0.306 e. The first kappa shape index (κ1) is 56.0. The minimum Gasteiger partial charge on any atom is -0.463 e. The van der Waals surface area contributed by atoms with E-state index in [1.165, 1.54) is 13.8 Å². The first-order valence-corrected chi connectivity index (χ1v) is 22.8. The van der Waals surface area contributed by atoms with Crippen LogP contribution in [0.15, 0.2) is 30.3 Å². The maximum atomic E-state index is 12.4. The van der Waals surface area contributed by atoms with Gasteiger partial charge in [-0.3, -0.25) is 38.4 Å². The number of carbonyl (C=O) groups is 8. The normalized spacial score (nSPS) is 17.8. The standard InChI is InChI=1S/C46H72N4O15/c1-33(51)50-43-45(64-36(4)54)44(63-35(3)53)38(32-61-34(2)52)65-46(43)60-28-17-16-22-39(55)47-25-18-26-48-41(57)24-29-59-30-27-49-40(56)21-14-9-7-5-6-8-10-15-23-42(58)62-31-37-19-12-11-13-20-37/h11-13,19-20,38,43-46H,5-10,14-18,21-32H2,1-4H3,(H,47,55)(H,48,57)(H,49,56)(H,50,51)/t38-,43-,44+,45-,46-/m1/s1. The van der Waals surface area contributed by atoms with Crippen molar-refractivity contribution in [3.8, 4) is 0 Å². The molecule has 4 amide bonds. The Hall–Kier alpha value is -5.14. The van der Waals surface area contributed by atoms with Gasteiger partial charge in [-0.25, -0.2) is 0 Å². The van der Waals surface area contributed by atoms with Gasteiger partial charge in [-0.05, 0) is 37.7 Å². The van der Waals surface area contributed by atoms with Gasteiger partial charge in [0.05, 0.1) is 13.2 Å². The summed E-state index contributed by atoms with van der Waals surface area (Å²) in [6, 6.07) is 8.58. The van der Waals surface area contributed by atoms with Crippen LogP contribution in [0, 0.1) is 0 Å². The molecule has 1 aliphatic heterocycles. The molecule has 0 aliphatic carbocycles. The lowest BCUT2D eigenvalue weighted by Crippen LogP contribution is -2.66. The van der Waals surface area contributed by atoms with Crippen molar-refractivity contribution in [3.63, 3.8) is 0 Å². The van der Waals surface area contributed by atoms with Crippen molar-refractivity contribution in [1.29, 1.82) is 0 Å². The molecule has 1 aromatic carbocycles. The molecular formula is C46H72N4O15. The number of rotatable bonds is 34. The summed E-state index contributed by atoms with van der Waals surface area (Å²) in [5, 5.41) is 11.1. The van der Waals surface area contributed by atoms with E-state index in [0.29, 0.717) is 65.0 Å². The van der Waals surface area contributed by atoms with E-state index in [2.05, 4.69) is 21.3 Å². The molecule has 0 unspecified atom stereocenters. The van der Waals surface area contributed by atoms with Crippen LogP contribution < -0.4 is 21.3 Å². The molecule has 4 N–H and O–H groups in total. The molecule has 0 bridgehead atoms. The Morgan fingerprint density at radius 1 is 0.554 bits per heavy atom. The highest BCUT2D eigenvalue weighted by Crippen LogP contribution is 2.28. The van der Waals surface area contributed by atoms with Crippen LogP contribution in [0.2, 0.25) is 0 Å². The zero-order chi connectivity index (χ0) is 47.7. The topological polar surface area (TPSA) is 249 Å². The molecule has 5 atom stereocenters. The average Bonchev–Trinajstić information content (AvgIpc) is 3.25. The van der Waals surface area contributed by atoms with E-state index in [9.17, 15) is 38.4 Å². The molecule has 0 spiro atoms. The first-order valence-electron chi connectivity index (χ1n) is 22.8. The highest BCUT2D eigenvalue weighted by molar-refractivity contribution is 5.77. The summed E-state index contributed by atoms with van der Waals surface area (Å²) >= 11 is 0. The fraction of sp³-hybridized carbons (Fsp3) is 0.696. The molecule has 1 saturated heterocycles. The molecule has 0 aromatic heterocycles. The van der Waals surface area contributed by atoms with E-state index in [0.717, 1.165) is 70.8 Å². The molecule has 19 heteroatoms. The molecule has 1 aromatic rings. The second-order valence-electron chi connectivity index (χ2n) is 15.8. The van der Waals surface area contributed by atoms with Gasteiger partial charge in [0, 0.05) is 79.6 Å². The molecule has 65 heavy (non-hydrogen) atoms. The number of esters is 4. The highest BCUT2D eigenvalue weighted by Gasteiger charge is 2.51. The Kier molecular flexibility index (Phi) is 29.5. The molecule has 1 heterocycles. The Morgan fingerprint density at radius 3 is 1.71 bits per heavy atom. The van der Waals surface area contributed by atoms with E-state index < -0.39 is 54.5 Å². The molecule has 0 saturated carbocycles. The lowest BCUT2D eigenvalue weighted by molar-refractivity contribution is -0.277. The summed E-state index contributed by atoms with van der Waals surface area (Å²) in [6.45, 7) is 6.44. The van der Waals surface area contributed by atoms with E-state index in [1.54, 1.807) is 0 Å². The van der Waals surface area contributed by atoms with Gasteiger partial charge in [-0.2, -0.15) is 0 Å². The highest BCUT2D eigenvalue weighted by atomic mass is 16.7. The summed E-state index contributed by atoms with van der Waals surface area (Å²) in [7, 11) is 0. The molecular weight excluding hydrogens is 849 g/mol. The van der Waals surface area contributed by atoms with Crippen molar-refractivity contribution in [3.05, 3.63) is 35.9 Å². The van der Waals surface area contributed by atoms with Crippen molar-refractivity contribution in [2.24, 2.45) is 0 Å². The van der Waals surface area contributed by atoms with Gasteiger partial charge in [0.25, 0.3) is 0 Å². The SMILES string of the molecule is CC(=O)N[C@H]1[C@H](OCCCCC(=O)NCCCNC(=O)CCOCCNC(=O)CCCCCCCCCCC(=O)OCc2ccccc2)O[C@H](COC(C)=O)[C@H](OC(C)=O)[C@@H]1OC(C)=O. The minimum atomic E-state index is -1.22. The summed E-state index contributed by atoms with van der Waals surface area (Å²) in [5.41, 5.74) is 0.989. The van der Waals surface area contributed by atoms with Crippen LogP contribution >= 0.6 is 0 Å². The fourth-order valence-electron chi connectivity index (χ4n) is 6.78. The summed E-state index contributed by atoms with van der Waals surface area (Å²) in [4.78, 5) is 96.1. The van der Waals surface area contributed by atoms with Crippen molar-refractivity contribution in [2.45, 2.75) is 161 Å². The number of hydrogen-bond acceptors (Lipinski definition) is 15. The molecule has 19 nitrogen and oxygen atoms in total. The van der Waals surface area contributed by atoms with E-state index in [4.69, 9.17) is 33.2 Å². The lowest BCUT2D eigenvalue weighted by Gasteiger charge is -2.44. The van der Waals surface area contributed by atoms with Gasteiger partial charge in [0.2, 0.25) is 23.6 Å². The molecule has 1 aliphatic rings. The summed E-state index contributed by atoms with van der Waals surface area (Å²) < 4.78 is 38.6. The van der Waals surface area contributed by atoms with Crippen molar-refractivity contribution in [1.82, 2.24) is 21.3 Å². The average molecular weight is 921 g/mol. The lowest BCUT2D eigenvalue weighted by atomic mass is 9.96. The Labute approximate surface area is 382 Å². The largest absolute Gasteiger partial charge is 0.463 e. The van der Waals surface area contributed by atoms with Crippen molar-refractivity contribution >= 4 is 47.5 Å². The van der Waals surface area contributed by atoms with Crippen LogP contribution in [0.25, 0.3) is 0 Å². The van der Waals surface area contributed by atoms with Crippen LogP contribution in [-0.4, -0.2) is 124 Å². The number of carbonyl (C=O) groups excluding carboxylic acids is 8. The third-order valence-electron chi connectivity index (χ3n) is 9.97. The molecule has 0 radical (unpaired) electrons. The first-order chi connectivity index (χ1) is 31.2. The third kappa shape index (κ3) is 27.7. The Morgan fingerprint density at radius 2 is 1.11 bits per heavy atom. The fourth-order valence-corrected chi connectivity index (χ4v) is 6.78. The molecule has 2 rings (SSSR count). The smallest absolute Gasteiger partial charge is 0.306 e. The zero-order valence-corrected chi connectivity index (χ0v) is 38.7. The van der Waals surface area contributed by atoms with Crippen LogP contribution in [0.1, 0.15) is 130 Å². The van der Waals surface area contributed by atoms with E-state index in [1.807, 2.05) is 30.3 Å². The van der Waals surface area contributed by atoms with Crippen molar-refractivity contribution in [2.75, 3.05) is 46.1 Å². The van der Waals surface area contributed by atoms with Crippen LogP contribution in [-0.2, 0) is 78.1 Å². The number of nitrogens with one attached hydrogen (secondary N) is 4. The number of unbranched alkanes of at least 4 members (excludes halogenated alkanes) is 8. The number of amides is 4. The van der Waals surface area contributed by atoms with Gasteiger partial charge in [-0.15, -0.1) is 0 Å². The van der Waals surface area contributed by atoms with Gasteiger partial charge in [0.1, 0.15) is 25.4 Å². The predicted octanol–water partition coefficient (Wildman–Crippen LogP) is 3.62. The van der Waals surface area contributed by atoms with Gasteiger partial charge in [-0.1, -0.05) is 68.9 Å². The maximum absolute atomic E-state index is 12.4. The predicted molar refractivity (Wildman–Crippen MR) is 235 cm³/mol. The van der Waals surface area contributed by atoms with E-state index >= 15 is 0 Å². The Balaban J connectivity index is 1.46. The molecule has 1 fully saturated rings. The van der Waals surface area contributed by atoms with Gasteiger partial charge in [0.15, 0.2) is 18.5 Å². The van der Waals surface area contributed by atoms with E-state index in [-0.39, 0.29) is 56.4 Å². The quantitative estimate of drug-likeness (QED) is 0.0438. The second kappa shape index (κ2) is 34.2. The van der Waals surface area contributed by atoms with Crippen molar-refractivity contribution < 1.29 is 71.5 Å². The van der Waals surface area contributed by atoms with Crippen LogP contribution in [0.4, 0.5) is 0 Å². The van der Waals surface area contributed by atoms with Crippen LogP contribution in [0.3, 0.4) is 0 Å². The Bertz CT molecular complexity index is 1600. The summed E-state index contributed by atoms with van der Waals surface area (Å²) in [6.07, 6.45) is 6.02. The number of hydrogen-bond donors (Lipinski definition) is 4. The van der Waals surface area contributed by atoms with Gasteiger partial charge >= 0.3 is 23.9 Å². The number of benzene rings is 1.